The third-order valence-corrected chi connectivity index (χ3v) is 12.1. The molecule has 0 aliphatic carbocycles. The summed E-state index contributed by atoms with van der Waals surface area (Å²) in [7, 11) is 0. The van der Waals surface area contributed by atoms with Gasteiger partial charge < -0.3 is 15.5 Å². The molecule has 2 unspecified atom stereocenters. The van der Waals surface area contributed by atoms with Crippen LogP contribution in [0.2, 0.25) is 0 Å². The first-order valence-corrected chi connectivity index (χ1v) is 25.2. The van der Waals surface area contributed by atoms with Crippen molar-refractivity contribution in [3.63, 3.8) is 0 Å². The zero-order valence-corrected chi connectivity index (χ0v) is 37.3. The van der Waals surface area contributed by atoms with Gasteiger partial charge in [0.15, 0.2) is 0 Å². The van der Waals surface area contributed by atoms with Gasteiger partial charge in [0.2, 0.25) is 5.91 Å². The Hall–Kier alpha value is -0.610. The Balaban J connectivity index is 3.43. The standard InChI is InChI=1S/C50H101NO3/c1-3-5-7-9-11-13-15-17-19-21-23-25-26-27-29-31-33-35-37-39-41-43-45-49(53)48(47-52)51-50(54)46-44-42-40-38-36-34-32-30-28-24-22-20-18-16-14-12-10-8-6-4-2/h48-49,52-53H,3-47H2,1-2H3,(H,51,54). The summed E-state index contributed by atoms with van der Waals surface area (Å²) in [6, 6.07) is -0.530. The fourth-order valence-corrected chi connectivity index (χ4v) is 8.25. The number of hydrogen-bond donors (Lipinski definition) is 3. The zero-order valence-electron chi connectivity index (χ0n) is 37.3. The van der Waals surface area contributed by atoms with Crippen LogP contribution in [0.3, 0.4) is 0 Å². The molecule has 0 aromatic rings. The molecule has 0 rings (SSSR count). The van der Waals surface area contributed by atoms with Gasteiger partial charge in [0.1, 0.15) is 0 Å². The number of carbonyl (C=O) groups is 1. The molecule has 0 aliphatic rings. The van der Waals surface area contributed by atoms with E-state index in [-0.39, 0.29) is 12.5 Å². The molecule has 4 heteroatoms. The van der Waals surface area contributed by atoms with Crippen LogP contribution in [0.25, 0.3) is 0 Å². The Bertz CT molecular complexity index is 699. The highest BCUT2D eigenvalue weighted by Gasteiger charge is 2.20. The summed E-state index contributed by atoms with van der Waals surface area (Å²) < 4.78 is 0. The molecule has 0 saturated carbocycles. The minimum Gasteiger partial charge on any atom is -0.394 e. The number of hydrogen-bond acceptors (Lipinski definition) is 3. The van der Waals surface area contributed by atoms with E-state index in [2.05, 4.69) is 19.2 Å². The van der Waals surface area contributed by atoms with E-state index in [1.54, 1.807) is 0 Å². The van der Waals surface area contributed by atoms with E-state index in [4.69, 9.17) is 0 Å². The highest BCUT2D eigenvalue weighted by molar-refractivity contribution is 5.76. The molecule has 0 saturated heterocycles. The monoisotopic (exact) mass is 764 g/mol. The van der Waals surface area contributed by atoms with Crippen molar-refractivity contribution >= 4 is 5.91 Å². The second kappa shape index (κ2) is 46.8. The first-order valence-electron chi connectivity index (χ1n) is 25.2. The van der Waals surface area contributed by atoms with Gasteiger partial charge in [-0.2, -0.15) is 0 Å². The quantitative estimate of drug-likeness (QED) is 0.0541. The van der Waals surface area contributed by atoms with Crippen LogP contribution in [-0.4, -0.2) is 34.9 Å². The Kier molecular flexibility index (Phi) is 46.2. The van der Waals surface area contributed by atoms with Gasteiger partial charge in [-0.25, -0.2) is 0 Å². The summed E-state index contributed by atoms with van der Waals surface area (Å²) in [5.74, 6) is -0.0235. The van der Waals surface area contributed by atoms with Gasteiger partial charge in [-0.3, -0.25) is 4.79 Å². The fraction of sp³-hybridized carbons (Fsp3) is 0.980. The van der Waals surface area contributed by atoms with Gasteiger partial charge in [-0.15, -0.1) is 0 Å². The van der Waals surface area contributed by atoms with Crippen LogP contribution in [0.4, 0.5) is 0 Å². The van der Waals surface area contributed by atoms with E-state index in [1.165, 1.54) is 244 Å². The number of rotatable bonds is 47. The first kappa shape index (κ1) is 53.4. The molecule has 3 N–H and O–H groups in total. The summed E-state index contributed by atoms with van der Waals surface area (Å²) in [5.41, 5.74) is 0. The van der Waals surface area contributed by atoms with Crippen molar-refractivity contribution in [2.45, 2.75) is 309 Å². The van der Waals surface area contributed by atoms with Crippen molar-refractivity contribution in [2.75, 3.05) is 6.61 Å². The number of carbonyl (C=O) groups excluding carboxylic acids is 1. The lowest BCUT2D eigenvalue weighted by atomic mass is 10.0. The van der Waals surface area contributed by atoms with Crippen molar-refractivity contribution in [3.8, 4) is 0 Å². The van der Waals surface area contributed by atoms with Gasteiger partial charge >= 0.3 is 0 Å². The van der Waals surface area contributed by atoms with Crippen molar-refractivity contribution < 1.29 is 15.0 Å². The van der Waals surface area contributed by atoms with Crippen LogP contribution in [-0.2, 0) is 4.79 Å². The highest BCUT2D eigenvalue weighted by Crippen LogP contribution is 2.18. The van der Waals surface area contributed by atoms with Crippen molar-refractivity contribution in [1.82, 2.24) is 5.32 Å². The van der Waals surface area contributed by atoms with Gasteiger partial charge in [0.25, 0.3) is 0 Å². The second-order valence-corrected chi connectivity index (χ2v) is 17.6. The number of unbranched alkanes of at least 4 members (excludes halogenated alkanes) is 40. The Labute approximate surface area is 340 Å². The van der Waals surface area contributed by atoms with Crippen molar-refractivity contribution in [2.24, 2.45) is 0 Å². The molecule has 0 radical (unpaired) electrons. The predicted octanol–water partition coefficient (Wildman–Crippen LogP) is 16.0. The zero-order chi connectivity index (χ0) is 39.3. The lowest BCUT2D eigenvalue weighted by Gasteiger charge is -2.22. The smallest absolute Gasteiger partial charge is 0.220 e. The van der Waals surface area contributed by atoms with E-state index in [0.717, 1.165) is 25.7 Å². The molecular weight excluding hydrogens is 663 g/mol. The van der Waals surface area contributed by atoms with Crippen LogP contribution in [0.1, 0.15) is 296 Å². The molecule has 4 nitrogen and oxygen atoms in total. The lowest BCUT2D eigenvalue weighted by Crippen LogP contribution is -2.45. The SMILES string of the molecule is CCCCCCCCCCCCCCCCCCCCCCCCC(O)C(CO)NC(=O)CCCCCCCCCCCCCCCCCCCCCC. The molecule has 324 valence electrons. The molecule has 0 aromatic carbocycles. The van der Waals surface area contributed by atoms with Gasteiger partial charge in [-0.1, -0.05) is 277 Å². The van der Waals surface area contributed by atoms with Gasteiger partial charge in [0, 0.05) is 6.42 Å². The third kappa shape index (κ3) is 42.5. The summed E-state index contributed by atoms with van der Waals surface area (Å²) in [5, 5.41) is 23.3. The van der Waals surface area contributed by atoms with E-state index >= 15 is 0 Å². The van der Waals surface area contributed by atoms with Gasteiger partial charge in [-0.05, 0) is 12.8 Å². The minimum atomic E-state index is -0.654. The van der Waals surface area contributed by atoms with E-state index < -0.39 is 12.1 Å². The summed E-state index contributed by atoms with van der Waals surface area (Å²) in [6.45, 7) is 4.40. The molecule has 54 heavy (non-hydrogen) atoms. The topological polar surface area (TPSA) is 69.6 Å². The summed E-state index contributed by atoms with van der Waals surface area (Å²) in [6.07, 6.45) is 57.8. The normalized spacial score (nSPS) is 12.7. The summed E-state index contributed by atoms with van der Waals surface area (Å²) in [4.78, 5) is 12.4. The van der Waals surface area contributed by atoms with Crippen LogP contribution in [0.15, 0.2) is 0 Å². The van der Waals surface area contributed by atoms with Gasteiger partial charge in [0.05, 0.1) is 18.8 Å². The number of nitrogens with one attached hydrogen (secondary N) is 1. The number of aliphatic hydroxyl groups is 2. The molecule has 0 bridgehead atoms. The maximum Gasteiger partial charge on any atom is 0.220 e. The Morgan fingerprint density at radius 1 is 0.370 bits per heavy atom. The molecular formula is C50H101NO3. The van der Waals surface area contributed by atoms with E-state index in [9.17, 15) is 15.0 Å². The Morgan fingerprint density at radius 2 is 0.593 bits per heavy atom. The number of amides is 1. The lowest BCUT2D eigenvalue weighted by molar-refractivity contribution is -0.123. The number of aliphatic hydroxyl groups excluding tert-OH is 2. The average Bonchev–Trinajstić information content (AvgIpc) is 3.18. The van der Waals surface area contributed by atoms with Crippen LogP contribution in [0.5, 0.6) is 0 Å². The molecule has 0 heterocycles. The largest absolute Gasteiger partial charge is 0.394 e. The van der Waals surface area contributed by atoms with E-state index in [0.29, 0.717) is 12.8 Å². The summed E-state index contributed by atoms with van der Waals surface area (Å²) >= 11 is 0. The average molecular weight is 764 g/mol. The minimum absolute atomic E-state index is 0.0235. The second-order valence-electron chi connectivity index (χ2n) is 17.6. The molecule has 2 atom stereocenters. The van der Waals surface area contributed by atoms with Crippen LogP contribution < -0.4 is 5.32 Å². The fourth-order valence-electron chi connectivity index (χ4n) is 8.25. The molecule has 0 spiro atoms. The molecule has 0 aromatic heterocycles. The maximum absolute atomic E-state index is 12.4. The van der Waals surface area contributed by atoms with Crippen molar-refractivity contribution in [3.05, 3.63) is 0 Å². The predicted molar refractivity (Wildman–Crippen MR) is 240 cm³/mol. The third-order valence-electron chi connectivity index (χ3n) is 12.1. The molecule has 0 aliphatic heterocycles. The van der Waals surface area contributed by atoms with Crippen LogP contribution in [0, 0.1) is 0 Å². The first-order chi connectivity index (χ1) is 26.7. The maximum atomic E-state index is 12.4. The highest BCUT2D eigenvalue weighted by atomic mass is 16.3. The molecule has 0 fully saturated rings. The van der Waals surface area contributed by atoms with Crippen LogP contribution >= 0.6 is 0 Å². The molecule has 1 amide bonds. The Morgan fingerprint density at radius 3 is 0.833 bits per heavy atom. The van der Waals surface area contributed by atoms with E-state index in [1.807, 2.05) is 0 Å². The van der Waals surface area contributed by atoms with Crippen molar-refractivity contribution in [1.29, 1.82) is 0 Å².